The van der Waals surface area contributed by atoms with Gasteiger partial charge in [-0.1, -0.05) is 37.1 Å². The molecule has 6 heteroatoms. The molecule has 154 valence electrons. The van der Waals surface area contributed by atoms with Gasteiger partial charge >= 0.3 is 0 Å². The number of hydrogen-bond acceptors (Lipinski definition) is 4. The highest BCUT2D eigenvalue weighted by Crippen LogP contribution is 2.21. The largest absolute Gasteiger partial charge is 0.377 e. The van der Waals surface area contributed by atoms with E-state index in [1.807, 2.05) is 37.3 Å². The van der Waals surface area contributed by atoms with Crippen molar-refractivity contribution in [1.29, 1.82) is 0 Å². The lowest BCUT2D eigenvalue weighted by atomic mass is 10.1. The zero-order valence-corrected chi connectivity index (χ0v) is 17.0. The normalized spacial score (nSPS) is 15.0. The summed E-state index contributed by atoms with van der Waals surface area (Å²) in [5.74, 6) is -0.349. The van der Waals surface area contributed by atoms with Crippen molar-refractivity contribution in [3.8, 4) is 0 Å². The Kier molecular flexibility index (Phi) is 7.25. The number of nitrogens with one attached hydrogen (secondary N) is 3. The monoisotopic (exact) mass is 395 g/mol. The first-order valence-corrected chi connectivity index (χ1v) is 10.1. The third-order valence-corrected chi connectivity index (χ3v) is 5.30. The van der Waals surface area contributed by atoms with Gasteiger partial charge in [0.2, 0.25) is 5.91 Å². The SMILES string of the molecule is COC(C)c1cccc(NCC(=O)Nc2ccccc2C(=O)NC2CCCC2)c1. The Balaban J connectivity index is 1.59. The van der Waals surface area contributed by atoms with Gasteiger partial charge in [-0.05, 0) is 49.6 Å². The maximum absolute atomic E-state index is 12.6. The summed E-state index contributed by atoms with van der Waals surface area (Å²) in [6.07, 6.45) is 4.32. The Bertz CT molecular complexity index is 847. The van der Waals surface area contributed by atoms with Crippen LogP contribution >= 0.6 is 0 Å². The maximum atomic E-state index is 12.6. The molecule has 0 aliphatic heterocycles. The van der Waals surface area contributed by atoms with Gasteiger partial charge in [0.05, 0.1) is 23.9 Å². The van der Waals surface area contributed by atoms with Crippen molar-refractivity contribution in [2.45, 2.75) is 44.8 Å². The number of anilines is 2. The maximum Gasteiger partial charge on any atom is 0.253 e. The van der Waals surface area contributed by atoms with E-state index in [1.54, 1.807) is 25.3 Å². The van der Waals surface area contributed by atoms with Gasteiger partial charge in [-0.15, -0.1) is 0 Å². The average molecular weight is 396 g/mol. The lowest BCUT2D eigenvalue weighted by Gasteiger charge is -2.15. The highest BCUT2D eigenvalue weighted by Gasteiger charge is 2.20. The lowest BCUT2D eigenvalue weighted by molar-refractivity contribution is -0.114. The molecule has 3 rings (SSSR count). The molecule has 6 nitrogen and oxygen atoms in total. The molecule has 2 amide bonds. The molecule has 0 spiro atoms. The molecule has 0 bridgehead atoms. The van der Waals surface area contributed by atoms with Crippen LogP contribution in [0.5, 0.6) is 0 Å². The highest BCUT2D eigenvalue weighted by atomic mass is 16.5. The topological polar surface area (TPSA) is 79.5 Å². The molecule has 2 aromatic rings. The Labute approximate surface area is 172 Å². The van der Waals surface area contributed by atoms with Crippen molar-refractivity contribution >= 4 is 23.2 Å². The molecule has 0 heterocycles. The molecule has 0 aromatic heterocycles. The first-order valence-electron chi connectivity index (χ1n) is 10.1. The molecule has 1 unspecified atom stereocenters. The third kappa shape index (κ3) is 5.81. The fraction of sp³-hybridized carbons (Fsp3) is 0.391. The molecule has 29 heavy (non-hydrogen) atoms. The quantitative estimate of drug-likeness (QED) is 0.628. The summed E-state index contributed by atoms with van der Waals surface area (Å²) in [6, 6.07) is 15.1. The van der Waals surface area contributed by atoms with Crippen molar-refractivity contribution in [1.82, 2.24) is 5.32 Å². The van der Waals surface area contributed by atoms with Gasteiger partial charge in [0.15, 0.2) is 0 Å². The van der Waals surface area contributed by atoms with E-state index < -0.39 is 0 Å². The van der Waals surface area contributed by atoms with Gasteiger partial charge in [-0.25, -0.2) is 0 Å². The average Bonchev–Trinajstić information content (AvgIpc) is 3.25. The van der Waals surface area contributed by atoms with Gasteiger partial charge in [0.1, 0.15) is 0 Å². The van der Waals surface area contributed by atoms with E-state index in [0.717, 1.165) is 36.9 Å². The number of benzene rings is 2. The molecule has 1 aliphatic carbocycles. The van der Waals surface area contributed by atoms with Gasteiger partial charge in [-0.2, -0.15) is 0 Å². The van der Waals surface area contributed by atoms with Crippen LogP contribution in [0, 0.1) is 0 Å². The summed E-state index contributed by atoms with van der Waals surface area (Å²) in [6.45, 7) is 2.07. The number of methoxy groups -OCH3 is 1. The highest BCUT2D eigenvalue weighted by molar-refractivity contribution is 6.04. The molecule has 1 atom stereocenters. The zero-order valence-electron chi connectivity index (χ0n) is 17.0. The summed E-state index contributed by atoms with van der Waals surface area (Å²) >= 11 is 0. The van der Waals surface area contributed by atoms with E-state index in [4.69, 9.17) is 4.74 Å². The fourth-order valence-electron chi connectivity index (χ4n) is 3.54. The number of carbonyl (C=O) groups excluding carboxylic acids is 2. The summed E-state index contributed by atoms with van der Waals surface area (Å²) in [7, 11) is 1.67. The van der Waals surface area contributed by atoms with Gasteiger partial charge in [0, 0.05) is 18.8 Å². The standard InChI is InChI=1S/C23H29N3O3/c1-16(29-2)17-8-7-11-19(14-17)24-15-22(27)26-21-13-6-5-12-20(21)23(28)25-18-9-3-4-10-18/h5-8,11-14,16,18,24H,3-4,9-10,15H2,1-2H3,(H,25,28)(H,26,27). The molecule has 2 aromatic carbocycles. The summed E-state index contributed by atoms with van der Waals surface area (Å²) < 4.78 is 5.33. The minimum atomic E-state index is -0.212. The third-order valence-electron chi connectivity index (χ3n) is 5.30. The van der Waals surface area contributed by atoms with Crippen molar-refractivity contribution in [2.75, 3.05) is 24.3 Å². The number of carbonyl (C=O) groups is 2. The Hall–Kier alpha value is -2.86. The molecular formula is C23H29N3O3. The number of ether oxygens (including phenoxy) is 1. The zero-order chi connectivity index (χ0) is 20.6. The van der Waals surface area contributed by atoms with E-state index in [1.165, 1.54) is 0 Å². The van der Waals surface area contributed by atoms with Crippen LogP contribution in [0.25, 0.3) is 0 Å². The lowest BCUT2D eigenvalue weighted by Crippen LogP contribution is -2.33. The van der Waals surface area contributed by atoms with E-state index >= 15 is 0 Å². The van der Waals surface area contributed by atoms with E-state index in [0.29, 0.717) is 11.3 Å². The van der Waals surface area contributed by atoms with Gasteiger partial charge < -0.3 is 20.7 Å². The first-order chi connectivity index (χ1) is 14.1. The summed E-state index contributed by atoms with van der Waals surface area (Å²) in [5.41, 5.74) is 2.89. The Morgan fingerprint density at radius 1 is 1.10 bits per heavy atom. The smallest absolute Gasteiger partial charge is 0.253 e. The molecule has 1 aliphatic rings. The van der Waals surface area contributed by atoms with Gasteiger partial charge in [0.25, 0.3) is 5.91 Å². The van der Waals surface area contributed by atoms with Crippen molar-refractivity contribution in [3.63, 3.8) is 0 Å². The Morgan fingerprint density at radius 2 is 1.86 bits per heavy atom. The van der Waals surface area contributed by atoms with E-state index in [-0.39, 0.29) is 30.5 Å². The number of para-hydroxylation sites is 1. The molecule has 0 saturated heterocycles. The van der Waals surface area contributed by atoms with Crippen LogP contribution in [0.2, 0.25) is 0 Å². The first kappa shape index (κ1) is 20.9. The van der Waals surface area contributed by atoms with E-state index in [9.17, 15) is 9.59 Å². The van der Waals surface area contributed by atoms with E-state index in [2.05, 4.69) is 16.0 Å². The van der Waals surface area contributed by atoms with Crippen LogP contribution in [0.15, 0.2) is 48.5 Å². The van der Waals surface area contributed by atoms with Crippen LogP contribution in [0.3, 0.4) is 0 Å². The van der Waals surface area contributed by atoms with Gasteiger partial charge in [-0.3, -0.25) is 9.59 Å². The van der Waals surface area contributed by atoms with Crippen LogP contribution in [0.4, 0.5) is 11.4 Å². The number of amides is 2. The molecular weight excluding hydrogens is 366 g/mol. The molecule has 0 radical (unpaired) electrons. The second-order valence-corrected chi connectivity index (χ2v) is 7.41. The predicted octanol–water partition coefficient (Wildman–Crippen LogP) is 4.12. The van der Waals surface area contributed by atoms with Crippen molar-refractivity contribution in [2.24, 2.45) is 0 Å². The minimum absolute atomic E-state index is 0.0177. The van der Waals surface area contributed by atoms with Crippen LogP contribution < -0.4 is 16.0 Å². The van der Waals surface area contributed by atoms with Crippen LogP contribution in [0.1, 0.15) is 54.6 Å². The summed E-state index contributed by atoms with van der Waals surface area (Å²) in [4.78, 5) is 25.1. The summed E-state index contributed by atoms with van der Waals surface area (Å²) in [5, 5.41) is 9.04. The molecule has 3 N–H and O–H groups in total. The number of rotatable bonds is 8. The second-order valence-electron chi connectivity index (χ2n) is 7.41. The number of hydrogen-bond donors (Lipinski definition) is 3. The Morgan fingerprint density at radius 3 is 2.62 bits per heavy atom. The predicted molar refractivity (Wildman–Crippen MR) is 115 cm³/mol. The van der Waals surface area contributed by atoms with Crippen molar-refractivity contribution in [3.05, 3.63) is 59.7 Å². The van der Waals surface area contributed by atoms with Crippen LogP contribution in [-0.4, -0.2) is 31.5 Å². The second kappa shape index (κ2) is 10.1. The minimum Gasteiger partial charge on any atom is -0.377 e. The molecule has 1 saturated carbocycles. The van der Waals surface area contributed by atoms with Crippen LogP contribution in [-0.2, 0) is 9.53 Å². The molecule has 1 fully saturated rings. The fourth-order valence-corrected chi connectivity index (χ4v) is 3.54. The van der Waals surface area contributed by atoms with Crippen molar-refractivity contribution < 1.29 is 14.3 Å².